The second-order valence-corrected chi connectivity index (χ2v) is 14.3. The molecule has 2 amide bonds. The Kier molecular flexibility index (Phi) is 8.85. The van der Waals surface area contributed by atoms with Crippen LogP contribution in [0.5, 0.6) is 0 Å². The minimum Gasteiger partial charge on any atom is -0.289 e. The van der Waals surface area contributed by atoms with Crippen molar-refractivity contribution in [2.45, 2.75) is 52.4 Å². The van der Waals surface area contributed by atoms with Crippen molar-refractivity contribution in [3.63, 3.8) is 0 Å². The predicted molar refractivity (Wildman–Crippen MR) is 196 cm³/mol. The van der Waals surface area contributed by atoms with Gasteiger partial charge in [-0.15, -0.1) is 0 Å². The molecule has 0 fully saturated rings. The maximum atomic E-state index is 14.0. The molecule has 48 heavy (non-hydrogen) atoms. The topological polar surface area (TPSA) is 65.3 Å². The maximum absolute atomic E-state index is 14.0. The SMILES string of the molecule is CC(C)(C)c1ccc(C2=NC(=Cc3ccccc3)C(=O)N2CCN2C(=O)C(=Cc3ccccc3)N=C2c2ccc(C(C)(C)C)cc2)cc1. The Balaban J connectivity index is 1.34. The van der Waals surface area contributed by atoms with Crippen LogP contribution in [0.4, 0.5) is 0 Å². The van der Waals surface area contributed by atoms with Crippen LogP contribution >= 0.6 is 0 Å². The fourth-order valence-electron chi connectivity index (χ4n) is 5.81. The van der Waals surface area contributed by atoms with E-state index in [1.807, 2.05) is 97.1 Å². The largest absolute Gasteiger partial charge is 0.289 e. The number of amides is 2. The molecule has 0 spiro atoms. The third-order valence-corrected chi connectivity index (χ3v) is 8.66. The first-order valence-electron chi connectivity index (χ1n) is 16.4. The molecular weight excluding hydrogens is 592 g/mol. The van der Waals surface area contributed by atoms with E-state index < -0.39 is 0 Å². The van der Waals surface area contributed by atoms with E-state index in [4.69, 9.17) is 9.98 Å². The van der Waals surface area contributed by atoms with Gasteiger partial charge in [0.25, 0.3) is 11.8 Å². The number of carbonyl (C=O) groups excluding carboxylic acids is 2. The quantitative estimate of drug-likeness (QED) is 0.192. The molecule has 0 saturated carbocycles. The van der Waals surface area contributed by atoms with Crippen molar-refractivity contribution in [2.24, 2.45) is 9.98 Å². The van der Waals surface area contributed by atoms with Crippen LogP contribution < -0.4 is 0 Å². The van der Waals surface area contributed by atoms with Gasteiger partial charge >= 0.3 is 0 Å². The normalized spacial score (nSPS) is 17.0. The standard InChI is InChI=1S/C42H42N4O2/c1-41(2,3)33-21-17-31(18-22-33)37-43-35(27-29-13-9-7-10-14-29)39(47)45(37)25-26-46-38(32-19-23-34(24-20-32)42(4,5)6)44-36(40(46)48)28-30-15-11-8-12-16-30/h7-24,27-28H,25-26H2,1-6H3. The molecule has 0 radical (unpaired) electrons. The average molecular weight is 635 g/mol. The lowest BCUT2D eigenvalue weighted by atomic mass is 9.86. The number of nitrogens with zero attached hydrogens (tertiary/aromatic N) is 4. The summed E-state index contributed by atoms with van der Waals surface area (Å²) in [6.07, 6.45) is 3.63. The van der Waals surface area contributed by atoms with Gasteiger partial charge in [-0.2, -0.15) is 0 Å². The van der Waals surface area contributed by atoms with Crippen LogP contribution in [0.2, 0.25) is 0 Å². The molecule has 2 heterocycles. The summed E-state index contributed by atoms with van der Waals surface area (Å²) in [5, 5.41) is 0. The van der Waals surface area contributed by atoms with Gasteiger partial charge in [0.05, 0.1) is 0 Å². The highest BCUT2D eigenvalue weighted by atomic mass is 16.2. The Bertz CT molecular complexity index is 1790. The van der Waals surface area contributed by atoms with Crippen LogP contribution in [0.25, 0.3) is 12.2 Å². The summed E-state index contributed by atoms with van der Waals surface area (Å²) in [5.41, 5.74) is 6.58. The lowest BCUT2D eigenvalue weighted by Crippen LogP contribution is -2.42. The predicted octanol–water partition coefficient (Wildman–Crippen LogP) is 8.24. The first-order valence-corrected chi connectivity index (χ1v) is 16.4. The minimum absolute atomic E-state index is 0.00813. The maximum Gasteiger partial charge on any atom is 0.278 e. The van der Waals surface area contributed by atoms with E-state index in [9.17, 15) is 9.59 Å². The number of rotatable bonds is 7. The molecule has 0 aromatic heterocycles. The van der Waals surface area contributed by atoms with Crippen molar-refractivity contribution in [3.05, 3.63) is 154 Å². The van der Waals surface area contributed by atoms with Crippen LogP contribution in [0, 0.1) is 0 Å². The molecule has 0 unspecified atom stereocenters. The monoisotopic (exact) mass is 634 g/mol. The van der Waals surface area contributed by atoms with Crippen molar-refractivity contribution in [3.8, 4) is 0 Å². The molecule has 6 heteroatoms. The minimum atomic E-state index is -0.200. The number of hydrogen-bond acceptors (Lipinski definition) is 4. The van der Waals surface area contributed by atoms with E-state index in [-0.39, 0.29) is 35.7 Å². The van der Waals surface area contributed by atoms with Gasteiger partial charge in [-0.1, -0.05) is 151 Å². The van der Waals surface area contributed by atoms with E-state index in [1.165, 1.54) is 11.1 Å². The highest BCUT2D eigenvalue weighted by molar-refractivity contribution is 6.21. The van der Waals surface area contributed by atoms with Crippen molar-refractivity contribution >= 4 is 35.6 Å². The third-order valence-electron chi connectivity index (χ3n) is 8.66. The number of amidine groups is 2. The highest BCUT2D eigenvalue weighted by Crippen LogP contribution is 2.28. The summed E-state index contributed by atoms with van der Waals surface area (Å²) in [6, 6.07) is 35.9. The molecule has 0 saturated heterocycles. The lowest BCUT2D eigenvalue weighted by molar-refractivity contribution is -0.125. The molecule has 0 aliphatic carbocycles. The first-order chi connectivity index (χ1) is 22.9. The molecule has 6 nitrogen and oxygen atoms in total. The van der Waals surface area contributed by atoms with Crippen LogP contribution in [-0.2, 0) is 20.4 Å². The van der Waals surface area contributed by atoms with Crippen molar-refractivity contribution in [1.82, 2.24) is 9.80 Å². The highest BCUT2D eigenvalue weighted by Gasteiger charge is 2.35. The molecule has 0 bridgehead atoms. The third kappa shape index (κ3) is 6.98. The van der Waals surface area contributed by atoms with E-state index in [2.05, 4.69) is 65.8 Å². The summed E-state index contributed by atoms with van der Waals surface area (Å²) >= 11 is 0. The van der Waals surface area contributed by atoms with Gasteiger partial charge in [-0.3, -0.25) is 19.4 Å². The molecule has 4 aromatic carbocycles. The van der Waals surface area contributed by atoms with Crippen molar-refractivity contribution < 1.29 is 9.59 Å². The molecule has 0 N–H and O–H groups in total. The van der Waals surface area contributed by atoms with Gasteiger partial charge in [0, 0.05) is 24.2 Å². The van der Waals surface area contributed by atoms with Crippen LogP contribution in [0.1, 0.15) is 74.9 Å². The van der Waals surface area contributed by atoms with E-state index in [0.717, 1.165) is 22.3 Å². The zero-order chi connectivity index (χ0) is 34.1. The molecule has 2 aliphatic heterocycles. The Morgan fingerprint density at radius 2 is 0.833 bits per heavy atom. The van der Waals surface area contributed by atoms with Gasteiger partial charge in [0.1, 0.15) is 23.1 Å². The van der Waals surface area contributed by atoms with Crippen LogP contribution in [0.15, 0.2) is 131 Å². The lowest BCUT2D eigenvalue weighted by Gasteiger charge is -2.25. The number of benzene rings is 4. The Labute approximate surface area is 283 Å². The smallest absolute Gasteiger partial charge is 0.278 e. The molecule has 6 rings (SSSR count). The fourth-order valence-corrected chi connectivity index (χ4v) is 5.81. The second kappa shape index (κ2) is 13.0. The van der Waals surface area contributed by atoms with E-state index in [1.54, 1.807) is 9.80 Å². The summed E-state index contributed by atoms with van der Waals surface area (Å²) in [4.78, 5) is 41.1. The molecule has 4 aromatic rings. The van der Waals surface area contributed by atoms with E-state index in [0.29, 0.717) is 23.1 Å². The zero-order valence-corrected chi connectivity index (χ0v) is 28.6. The van der Waals surface area contributed by atoms with E-state index >= 15 is 0 Å². The number of aliphatic imine (C=N–C) groups is 2. The Morgan fingerprint density at radius 3 is 1.15 bits per heavy atom. The first kappa shape index (κ1) is 32.6. The van der Waals surface area contributed by atoms with Gasteiger partial charge in [-0.05, 0) is 45.2 Å². The van der Waals surface area contributed by atoms with Crippen molar-refractivity contribution in [1.29, 1.82) is 0 Å². The van der Waals surface area contributed by atoms with Gasteiger partial charge in [0.2, 0.25) is 0 Å². The Morgan fingerprint density at radius 1 is 0.500 bits per heavy atom. The molecular formula is C42H42N4O2. The Hall–Kier alpha value is -5.36. The number of carbonyl (C=O) groups is 2. The van der Waals surface area contributed by atoms with Gasteiger partial charge in [-0.25, -0.2) is 9.98 Å². The van der Waals surface area contributed by atoms with Crippen LogP contribution in [0.3, 0.4) is 0 Å². The summed E-state index contributed by atoms with van der Waals surface area (Å²) in [7, 11) is 0. The summed E-state index contributed by atoms with van der Waals surface area (Å²) in [6.45, 7) is 13.5. The van der Waals surface area contributed by atoms with Gasteiger partial charge in [0.15, 0.2) is 0 Å². The fraction of sp³-hybridized carbons (Fsp3) is 0.238. The number of hydrogen-bond donors (Lipinski definition) is 0. The van der Waals surface area contributed by atoms with Gasteiger partial charge < -0.3 is 0 Å². The molecule has 2 aliphatic rings. The van der Waals surface area contributed by atoms with Crippen molar-refractivity contribution in [2.75, 3.05) is 13.1 Å². The zero-order valence-electron chi connectivity index (χ0n) is 28.6. The average Bonchev–Trinajstić information content (AvgIpc) is 3.54. The molecule has 242 valence electrons. The second-order valence-electron chi connectivity index (χ2n) is 14.3. The van der Waals surface area contributed by atoms with Crippen LogP contribution in [-0.4, -0.2) is 46.4 Å². The summed E-state index contributed by atoms with van der Waals surface area (Å²) in [5.74, 6) is 0.742. The molecule has 0 atom stereocenters. The summed E-state index contributed by atoms with van der Waals surface area (Å²) < 4.78 is 0.